The Balaban J connectivity index is 1.69. The second-order valence-electron chi connectivity index (χ2n) is 6.44. The van der Waals surface area contributed by atoms with Crippen LogP contribution in [-0.2, 0) is 0 Å². The van der Waals surface area contributed by atoms with Gasteiger partial charge >= 0.3 is 0 Å². The van der Waals surface area contributed by atoms with Gasteiger partial charge in [0.15, 0.2) is 0 Å². The molecule has 0 amide bonds. The van der Waals surface area contributed by atoms with Crippen molar-refractivity contribution < 1.29 is 0 Å². The van der Waals surface area contributed by atoms with Crippen LogP contribution in [0.25, 0.3) is 0 Å². The normalized spacial score (nSPS) is 90.9. The smallest absolute Gasteiger partial charge is 0.0721 e. The van der Waals surface area contributed by atoms with E-state index in [2.05, 4.69) is 31.9 Å². The van der Waals surface area contributed by atoms with Crippen LogP contribution in [-0.4, -0.2) is 3.23 Å². The van der Waals surface area contributed by atoms with E-state index in [-0.39, 0.29) is 0 Å². The largest absolute Gasteiger partial charge is 0.0874 e. The van der Waals surface area contributed by atoms with Gasteiger partial charge in [0.1, 0.15) is 0 Å². The first-order chi connectivity index (χ1) is 6.20. The maximum absolute atomic E-state index is 3.91. The Bertz CT molecular complexity index is 342. The average Bonchev–Trinajstić information content (AvgIpc) is 2.94. The maximum atomic E-state index is 3.91. The average molecular weight is 302 g/mol. The van der Waals surface area contributed by atoms with E-state index in [9.17, 15) is 0 Å². The topological polar surface area (TPSA) is 0 Å². The van der Waals surface area contributed by atoms with Gasteiger partial charge in [-0.15, -0.1) is 0 Å². The molecule has 0 heterocycles. The van der Waals surface area contributed by atoms with E-state index >= 15 is 0 Å². The van der Waals surface area contributed by atoms with Gasteiger partial charge in [0.25, 0.3) is 0 Å². The highest BCUT2D eigenvalue weighted by molar-refractivity contribution is 9.25. The minimum atomic E-state index is 0.391. The quantitative estimate of drug-likeness (QED) is 0.604. The Hall–Kier alpha value is 0.960. The third kappa shape index (κ3) is 0.358. The molecule has 0 radical (unpaired) electrons. The Morgan fingerprint density at radius 1 is 0.769 bits per heavy atom. The lowest BCUT2D eigenvalue weighted by Gasteiger charge is -2.21. The van der Waals surface area contributed by atoms with Crippen LogP contribution in [0.15, 0.2) is 0 Å². The summed E-state index contributed by atoms with van der Waals surface area (Å²) in [6.45, 7) is 0. The fourth-order valence-corrected chi connectivity index (χ4v) is 8.85. The zero-order chi connectivity index (χ0) is 8.33. The lowest BCUT2D eigenvalue weighted by Crippen LogP contribution is -2.20. The lowest BCUT2D eigenvalue weighted by molar-refractivity contribution is 0.303. The van der Waals surface area contributed by atoms with Crippen molar-refractivity contribution in [3.05, 3.63) is 0 Å². The van der Waals surface area contributed by atoms with Crippen molar-refractivity contribution in [1.29, 1.82) is 0 Å². The molecule has 7 fully saturated rings. The van der Waals surface area contributed by atoms with Crippen LogP contribution in [0.5, 0.6) is 0 Å². The zero-order valence-corrected chi connectivity index (χ0v) is 10.3. The summed E-state index contributed by atoms with van der Waals surface area (Å²) in [5.74, 6) is 9.74. The van der Waals surface area contributed by atoms with Crippen molar-refractivity contribution >= 4 is 31.9 Å². The van der Waals surface area contributed by atoms with Crippen LogP contribution in [0.3, 0.4) is 0 Å². The lowest BCUT2D eigenvalue weighted by atomic mass is 9.88. The van der Waals surface area contributed by atoms with Gasteiger partial charge in [-0.05, 0) is 53.8 Å². The third-order valence-electron chi connectivity index (χ3n) is 6.75. The molecule has 2 heteroatoms. The van der Waals surface area contributed by atoms with Crippen LogP contribution in [0.4, 0.5) is 0 Å². The predicted molar refractivity (Wildman–Crippen MR) is 55.6 cm³/mol. The molecule has 0 aromatic carbocycles. The van der Waals surface area contributed by atoms with Crippen LogP contribution in [0.2, 0.25) is 0 Å². The Labute approximate surface area is 94.1 Å². The molecule has 68 valence electrons. The first-order valence-electron chi connectivity index (χ1n) is 5.58. The van der Waals surface area contributed by atoms with Crippen molar-refractivity contribution in [2.75, 3.05) is 0 Å². The summed E-state index contributed by atoms with van der Waals surface area (Å²) < 4.78 is 0.391. The summed E-state index contributed by atoms with van der Waals surface area (Å²) in [4.78, 5) is 0. The summed E-state index contributed by atoms with van der Waals surface area (Å²) in [6, 6.07) is 0. The van der Waals surface area contributed by atoms with Crippen LogP contribution < -0.4 is 0 Å². The molecular formula is C11H10Br2. The molecule has 0 aliphatic heterocycles. The van der Waals surface area contributed by atoms with Crippen molar-refractivity contribution in [3.8, 4) is 0 Å². The molecule has 2 bridgehead atoms. The molecular weight excluding hydrogens is 292 g/mol. The highest BCUT2D eigenvalue weighted by Crippen LogP contribution is 3.04. The number of hydrogen-bond donors (Lipinski definition) is 0. The van der Waals surface area contributed by atoms with E-state index in [0.29, 0.717) is 3.23 Å². The number of hydrogen-bond acceptors (Lipinski definition) is 0. The molecule has 0 N–H and O–H groups in total. The van der Waals surface area contributed by atoms with Crippen molar-refractivity contribution in [2.45, 2.75) is 9.65 Å². The van der Waals surface area contributed by atoms with Gasteiger partial charge in [-0.3, -0.25) is 0 Å². The monoisotopic (exact) mass is 300 g/mol. The Morgan fingerprint density at radius 2 is 1.15 bits per heavy atom. The number of halogens is 2. The number of alkyl halides is 2. The molecule has 7 rings (SSSR count). The molecule has 9 atom stereocenters. The standard InChI is InChI=1S/C11H10Br2/c12-11(13)1-10(11)8-4-2-3-6(8)7(3)9(10)5(2)4/h2-9H,1H2/t2?,3?,4-,5-,6-,7+,8?,9?,10?/m1/s1. The van der Waals surface area contributed by atoms with Gasteiger partial charge in [0.05, 0.1) is 3.23 Å². The predicted octanol–water partition coefficient (Wildman–Crippen LogP) is 2.86. The molecule has 5 unspecified atom stereocenters. The third-order valence-corrected chi connectivity index (χ3v) is 8.79. The van der Waals surface area contributed by atoms with E-state index in [4.69, 9.17) is 0 Å². The molecule has 7 aliphatic carbocycles. The zero-order valence-electron chi connectivity index (χ0n) is 7.08. The molecule has 1 spiro atoms. The molecule has 13 heavy (non-hydrogen) atoms. The fraction of sp³-hybridized carbons (Fsp3) is 1.00. The Morgan fingerprint density at radius 3 is 1.46 bits per heavy atom. The molecule has 0 aromatic heterocycles. The highest BCUT2D eigenvalue weighted by atomic mass is 79.9. The second-order valence-corrected chi connectivity index (χ2v) is 10.2. The SMILES string of the molecule is BrC1(Br)CC12C1[C@H]3C4C5[C@@H]1[C@@H]5C2[C@H]43. The van der Waals surface area contributed by atoms with E-state index in [0.717, 1.165) is 5.41 Å². The molecule has 7 aliphatic rings. The maximum Gasteiger partial charge on any atom is 0.0874 e. The molecule has 0 aromatic rings. The van der Waals surface area contributed by atoms with Crippen molar-refractivity contribution in [2.24, 2.45) is 52.8 Å². The first-order valence-corrected chi connectivity index (χ1v) is 7.17. The van der Waals surface area contributed by atoms with Gasteiger partial charge < -0.3 is 0 Å². The molecule has 0 nitrogen and oxygen atoms in total. The summed E-state index contributed by atoms with van der Waals surface area (Å²) in [5.41, 5.74) is 0.765. The molecule has 7 saturated carbocycles. The van der Waals surface area contributed by atoms with E-state index in [1.807, 2.05) is 0 Å². The van der Waals surface area contributed by atoms with E-state index in [1.54, 1.807) is 0 Å². The number of rotatable bonds is 0. The van der Waals surface area contributed by atoms with E-state index in [1.165, 1.54) is 53.8 Å². The minimum absolute atomic E-state index is 0.391. The molecule has 0 saturated heterocycles. The minimum Gasteiger partial charge on any atom is -0.0721 e. The van der Waals surface area contributed by atoms with Gasteiger partial charge in [-0.2, -0.15) is 0 Å². The van der Waals surface area contributed by atoms with Crippen molar-refractivity contribution in [1.82, 2.24) is 0 Å². The van der Waals surface area contributed by atoms with Gasteiger partial charge in [-0.25, -0.2) is 0 Å². The van der Waals surface area contributed by atoms with Crippen LogP contribution in [0, 0.1) is 52.8 Å². The fourth-order valence-electron chi connectivity index (χ4n) is 6.87. The summed E-state index contributed by atoms with van der Waals surface area (Å²) in [5, 5.41) is 0. The van der Waals surface area contributed by atoms with Crippen LogP contribution >= 0.6 is 31.9 Å². The van der Waals surface area contributed by atoms with Gasteiger partial charge in [-0.1, -0.05) is 31.9 Å². The second kappa shape index (κ2) is 1.29. The summed E-state index contributed by atoms with van der Waals surface area (Å²) in [7, 11) is 0. The van der Waals surface area contributed by atoms with E-state index < -0.39 is 0 Å². The van der Waals surface area contributed by atoms with Crippen LogP contribution in [0.1, 0.15) is 6.42 Å². The summed E-state index contributed by atoms with van der Waals surface area (Å²) >= 11 is 7.83. The first kappa shape index (κ1) is 6.52. The Kier molecular flexibility index (Phi) is 0.645. The van der Waals surface area contributed by atoms with Gasteiger partial charge in [0.2, 0.25) is 0 Å². The highest BCUT2D eigenvalue weighted by Gasteiger charge is 3.01. The van der Waals surface area contributed by atoms with Gasteiger partial charge in [0, 0.05) is 5.41 Å². The summed E-state index contributed by atoms with van der Waals surface area (Å²) in [6.07, 6.45) is 1.44. The van der Waals surface area contributed by atoms with Crippen molar-refractivity contribution in [3.63, 3.8) is 0 Å².